The number of aliphatic imine (C=N–C) groups is 1. The van der Waals surface area contributed by atoms with Crippen molar-refractivity contribution in [3.05, 3.63) is 165 Å². The van der Waals surface area contributed by atoms with Crippen molar-refractivity contribution >= 4 is 88.0 Å². The molecule has 1 N–H and O–H groups in total. The van der Waals surface area contributed by atoms with Gasteiger partial charge in [-0.15, -0.1) is 0 Å². The van der Waals surface area contributed by atoms with E-state index in [0.717, 1.165) is 41.6 Å². The van der Waals surface area contributed by atoms with Crippen molar-refractivity contribution in [2.24, 2.45) is 4.99 Å². The topological polar surface area (TPSA) is 92.0 Å². The molecule has 0 unspecified atom stereocenters. The molecule has 7 nitrogen and oxygen atoms in total. The predicted molar refractivity (Wildman–Crippen MR) is 241 cm³/mol. The van der Waals surface area contributed by atoms with Gasteiger partial charge in [0.2, 0.25) is 11.8 Å². The van der Waals surface area contributed by atoms with Crippen LogP contribution in [0.5, 0.6) is 0 Å². The van der Waals surface area contributed by atoms with Crippen LogP contribution in [0.3, 0.4) is 0 Å². The van der Waals surface area contributed by atoms with Crippen LogP contribution in [-0.4, -0.2) is 60.7 Å². The van der Waals surface area contributed by atoms with E-state index in [-0.39, 0.29) is 11.8 Å². The first kappa shape index (κ1) is 45.7. The number of rotatable bonds is 9. The monoisotopic (exact) mass is 899 g/mol. The molecule has 0 saturated carbocycles. The number of hydrogen-bond acceptors (Lipinski definition) is 6. The molecule has 0 radical (unpaired) electrons. The normalized spacial score (nSPS) is 10.6. The Labute approximate surface area is 352 Å². The summed E-state index contributed by atoms with van der Waals surface area (Å²) in [4.78, 5) is 30.3. The van der Waals surface area contributed by atoms with Crippen molar-refractivity contribution in [3.63, 3.8) is 0 Å². The largest absolute Gasteiger partial charge is 0.478 e. The van der Waals surface area contributed by atoms with Gasteiger partial charge in [0, 0.05) is 31.2 Å². The summed E-state index contributed by atoms with van der Waals surface area (Å²) in [5.74, 6) is 0.256. The summed E-state index contributed by atoms with van der Waals surface area (Å²) < 4.78 is 12.6. The Kier molecular flexibility index (Phi) is 20.2. The summed E-state index contributed by atoms with van der Waals surface area (Å²) in [5.41, 5.74) is 2.72. The van der Waals surface area contributed by atoms with Crippen LogP contribution in [0.25, 0.3) is 21.5 Å². The molecular formula is C46H48Br2ClN3O4. The number of amides is 1. The molecule has 292 valence electrons. The summed E-state index contributed by atoms with van der Waals surface area (Å²) in [6.07, 6.45) is 0. The van der Waals surface area contributed by atoms with Gasteiger partial charge in [0.05, 0.1) is 13.2 Å². The lowest BCUT2D eigenvalue weighted by molar-refractivity contribution is 0.1000. The molecule has 0 aliphatic heterocycles. The highest BCUT2D eigenvalue weighted by molar-refractivity contribution is 9.10. The van der Waals surface area contributed by atoms with Gasteiger partial charge in [-0.1, -0.05) is 125 Å². The molecule has 0 heterocycles. The molecule has 6 rings (SSSR count). The van der Waals surface area contributed by atoms with Crippen LogP contribution in [0.4, 0.5) is 0 Å². The molecule has 6 aromatic carbocycles. The molecule has 0 bridgehead atoms. The maximum absolute atomic E-state index is 12.7. The molecule has 1 amide bonds. The lowest BCUT2D eigenvalue weighted by atomic mass is 10.0. The van der Waals surface area contributed by atoms with Gasteiger partial charge in [-0.25, -0.2) is 0 Å². The Morgan fingerprint density at radius 2 is 1.02 bits per heavy atom. The lowest BCUT2D eigenvalue weighted by Gasteiger charge is -2.13. The van der Waals surface area contributed by atoms with E-state index in [2.05, 4.69) is 62.5 Å². The number of carbonyl (C=O) groups is 2. The number of ether oxygens (including phenoxy) is 2. The van der Waals surface area contributed by atoms with E-state index < -0.39 is 5.24 Å². The first-order chi connectivity index (χ1) is 27.1. The van der Waals surface area contributed by atoms with Crippen LogP contribution in [0.2, 0.25) is 0 Å². The van der Waals surface area contributed by atoms with Crippen LogP contribution in [0.15, 0.2) is 147 Å². The molecule has 10 heteroatoms. The van der Waals surface area contributed by atoms with Gasteiger partial charge in [-0.05, 0) is 127 Å². The fourth-order valence-electron chi connectivity index (χ4n) is 5.37. The minimum Gasteiger partial charge on any atom is -0.478 e. The summed E-state index contributed by atoms with van der Waals surface area (Å²) in [6.45, 7) is 14.8. The molecule has 6 aromatic rings. The quantitative estimate of drug-likeness (QED) is 0.0886. The van der Waals surface area contributed by atoms with E-state index >= 15 is 0 Å². The summed E-state index contributed by atoms with van der Waals surface area (Å²) in [7, 11) is 0. The molecule has 0 aromatic heterocycles. The van der Waals surface area contributed by atoms with Gasteiger partial charge in [0.1, 0.15) is 0 Å². The fourth-order valence-corrected chi connectivity index (χ4v) is 6.06. The third-order valence-electron chi connectivity index (χ3n) is 8.33. The van der Waals surface area contributed by atoms with Crippen molar-refractivity contribution in [3.8, 4) is 0 Å². The Hall–Kier alpha value is -4.67. The summed E-state index contributed by atoms with van der Waals surface area (Å²) >= 11 is 12.2. The van der Waals surface area contributed by atoms with Crippen LogP contribution in [-0.2, 0) is 9.47 Å². The summed E-state index contributed by atoms with van der Waals surface area (Å²) in [6, 6.07) is 41.6. The van der Waals surface area contributed by atoms with E-state index in [0.29, 0.717) is 30.2 Å². The average Bonchev–Trinajstić information content (AvgIpc) is 3.22. The zero-order chi connectivity index (χ0) is 40.9. The molecule has 0 spiro atoms. The zero-order valence-corrected chi connectivity index (χ0v) is 36.3. The Bertz CT molecular complexity index is 2170. The fraction of sp³-hybridized carbons (Fsp3) is 0.217. The van der Waals surface area contributed by atoms with E-state index in [1.807, 2.05) is 135 Å². The molecular weight excluding hydrogens is 854 g/mol. The molecule has 0 saturated heterocycles. The molecule has 0 atom stereocenters. The van der Waals surface area contributed by atoms with Crippen molar-refractivity contribution in [2.45, 2.75) is 34.6 Å². The van der Waals surface area contributed by atoms with Crippen LogP contribution in [0.1, 0.15) is 66.5 Å². The second-order valence-electron chi connectivity index (χ2n) is 11.9. The zero-order valence-electron chi connectivity index (χ0n) is 32.4. The number of carbonyl (C=O) groups excluding carboxylic acids is 2. The molecule has 0 aliphatic carbocycles. The molecule has 0 fully saturated rings. The average molecular weight is 902 g/mol. The van der Waals surface area contributed by atoms with Crippen molar-refractivity contribution in [2.75, 3.05) is 32.8 Å². The summed E-state index contributed by atoms with van der Waals surface area (Å²) in [5, 5.41) is 10.9. The molecule has 0 aliphatic rings. The lowest BCUT2D eigenvalue weighted by Crippen LogP contribution is -2.21. The highest BCUT2D eigenvalue weighted by atomic mass is 79.9. The number of hydrogen-bond donors (Lipinski definition) is 1. The van der Waals surface area contributed by atoms with Crippen molar-refractivity contribution in [1.82, 2.24) is 4.90 Å². The van der Waals surface area contributed by atoms with E-state index in [1.165, 1.54) is 19.6 Å². The number of nitrogens with one attached hydrogen (secondary N) is 1. The number of benzene rings is 6. The van der Waals surface area contributed by atoms with Crippen molar-refractivity contribution in [1.29, 1.82) is 5.41 Å². The smallest absolute Gasteiger partial charge is 0.280 e. The number of halogens is 3. The van der Waals surface area contributed by atoms with Gasteiger partial charge in [-0.3, -0.25) is 15.0 Å². The van der Waals surface area contributed by atoms with E-state index in [1.54, 1.807) is 12.1 Å². The third kappa shape index (κ3) is 14.4. The minimum atomic E-state index is -0.406. The number of fused-ring (bicyclic) bond motifs is 2. The highest BCUT2D eigenvalue weighted by Gasteiger charge is 2.13. The minimum absolute atomic E-state index is 0.227. The van der Waals surface area contributed by atoms with Crippen LogP contribution < -0.4 is 0 Å². The second-order valence-corrected chi connectivity index (χ2v) is 14.1. The second kappa shape index (κ2) is 24.8. The van der Waals surface area contributed by atoms with E-state index in [9.17, 15) is 9.59 Å². The Morgan fingerprint density at radius 1 is 0.589 bits per heavy atom. The van der Waals surface area contributed by atoms with Crippen LogP contribution >= 0.6 is 43.5 Å². The van der Waals surface area contributed by atoms with Gasteiger partial charge in [0.15, 0.2) is 0 Å². The van der Waals surface area contributed by atoms with E-state index in [4.69, 9.17) is 26.5 Å². The van der Waals surface area contributed by atoms with Gasteiger partial charge in [-0.2, -0.15) is 4.99 Å². The maximum atomic E-state index is 12.7. The third-order valence-corrected chi connectivity index (χ3v) is 9.59. The first-order valence-corrected chi connectivity index (χ1v) is 20.4. The first-order valence-electron chi connectivity index (χ1n) is 18.4. The van der Waals surface area contributed by atoms with Gasteiger partial charge in [0.25, 0.3) is 11.1 Å². The molecule has 56 heavy (non-hydrogen) atoms. The van der Waals surface area contributed by atoms with Gasteiger partial charge < -0.3 is 14.4 Å². The van der Waals surface area contributed by atoms with Crippen LogP contribution in [0, 0.1) is 5.41 Å². The SMILES string of the molecule is CCN(CC)CC.CCOC(=N)c1ccc(Br)cc1.CCOC(=NC(=O)c1cccc2ccccc12)c1ccc(Br)cc1.O=C(Cl)c1cccc2ccccc12. The van der Waals surface area contributed by atoms with Crippen molar-refractivity contribution < 1.29 is 19.1 Å². The predicted octanol–water partition coefficient (Wildman–Crippen LogP) is 12.6. The highest BCUT2D eigenvalue weighted by Crippen LogP contribution is 2.21. The van der Waals surface area contributed by atoms with Gasteiger partial charge >= 0.3 is 0 Å². The number of nitrogens with zero attached hydrogens (tertiary/aromatic N) is 2. The Morgan fingerprint density at radius 3 is 1.46 bits per heavy atom. The standard InChI is InChI=1S/C20H16BrNO2.C11H7ClO.C9H10BrNO.C6H15N/c1-2-24-20(15-10-12-16(21)13-11-15)22-19(23)18-9-5-7-14-6-3-4-8-17(14)18;12-11(13)10-7-3-5-8-4-1-2-6-9(8)10;1-2-12-9(11)7-3-5-8(10)6-4-7;1-4-7(5-2)6-3/h3-13H,2H2,1H3;1-7H;3-6,11H,2H2,1H3;4-6H2,1-3H3. The Balaban J connectivity index is 0.000000222. The maximum Gasteiger partial charge on any atom is 0.280 e.